The van der Waals surface area contributed by atoms with Gasteiger partial charge in [0.25, 0.3) is 0 Å². The summed E-state index contributed by atoms with van der Waals surface area (Å²) in [6.45, 7) is -0.259. The van der Waals surface area contributed by atoms with E-state index < -0.39 is 18.0 Å². The van der Waals surface area contributed by atoms with Crippen LogP contribution in [0.2, 0.25) is 0 Å². The average Bonchev–Trinajstić information content (AvgIpc) is 2.45. The number of ether oxygens (including phenoxy) is 1. The molecule has 1 aromatic carbocycles. The molecule has 7 heteroatoms. The Kier molecular flexibility index (Phi) is 9.69. The molecule has 0 bridgehead atoms. The van der Waals surface area contributed by atoms with Crippen molar-refractivity contribution < 1.29 is 53.8 Å². The Morgan fingerprint density at radius 1 is 1.24 bits per heavy atom. The van der Waals surface area contributed by atoms with E-state index in [2.05, 4.69) is 10.1 Å². The predicted molar refractivity (Wildman–Crippen MR) is 68.7 cm³/mol. The molecular formula is C14H16NNaO5. The summed E-state index contributed by atoms with van der Waals surface area (Å²) in [5.41, 5.74) is 0.815. The molecule has 1 amide bonds. The first kappa shape index (κ1) is 19.6. The van der Waals surface area contributed by atoms with Crippen LogP contribution in [-0.4, -0.2) is 31.5 Å². The number of rotatable bonds is 7. The fourth-order valence-corrected chi connectivity index (χ4v) is 1.73. The van der Waals surface area contributed by atoms with Crippen LogP contribution in [0.15, 0.2) is 30.3 Å². The van der Waals surface area contributed by atoms with E-state index in [1.165, 1.54) is 7.11 Å². The topological polar surface area (TPSA) is 95.5 Å². The smallest absolute Gasteiger partial charge is 0.550 e. The van der Waals surface area contributed by atoms with Gasteiger partial charge in [-0.15, -0.1) is 0 Å². The number of aliphatic carboxylic acids is 1. The third kappa shape index (κ3) is 7.84. The molecule has 0 radical (unpaired) electrons. The first-order chi connectivity index (χ1) is 9.52. The molecule has 1 atom stereocenters. The van der Waals surface area contributed by atoms with Gasteiger partial charge in [0.1, 0.15) is 0 Å². The minimum absolute atomic E-state index is 0. The Balaban J connectivity index is 0.00000400. The number of carboxylic acid groups (broad SMARTS) is 1. The van der Waals surface area contributed by atoms with Crippen LogP contribution < -0.4 is 40.0 Å². The van der Waals surface area contributed by atoms with Crippen molar-refractivity contribution in [1.29, 1.82) is 0 Å². The standard InChI is InChI=1S/C14H17NO5.Na/c1-20-14(19)15-9-12(16)8-11(13(17)18)7-10-5-3-2-4-6-10;/h2-6,11H,7-9H2,1H3,(H,15,19)(H,17,18);/q;+1/p-1. The van der Waals surface area contributed by atoms with Gasteiger partial charge in [0.05, 0.1) is 13.7 Å². The van der Waals surface area contributed by atoms with Crippen molar-refractivity contribution in [2.45, 2.75) is 12.8 Å². The van der Waals surface area contributed by atoms with E-state index in [0.29, 0.717) is 0 Å². The molecule has 0 aromatic heterocycles. The van der Waals surface area contributed by atoms with Crippen molar-refractivity contribution in [3.8, 4) is 0 Å². The van der Waals surface area contributed by atoms with Crippen molar-refractivity contribution in [2.24, 2.45) is 5.92 Å². The summed E-state index contributed by atoms with van der Waals surface area (Å²) in [7, 11) is 1.18. The summed E-state index contributed by atoms with van der Waals surface area (Å²) in [6.07, 6.45) is -0.708. The number of alkyl carbamates (subject to hydrolysis) is 1. The molecule has 1 aromatic rings. The Morgan fingerprint density at radius 2 is 1.86 bits per heavy atom. The normalized spacial score (nSPS) is 10.9. The minimum Gasteiger partial charge on any atom is -0.550 e. The molecule has 0 spiro atoms. The summed E-state index contributed by atoms with van der Waals surface area (Å²) < 4.78 is 4.32. The van der Waals surface area contributed by atoms with Gasteiger partial charge in [0, 0.05) is 18.3 Å². The largest absolute Gasteiger partial charge is 1.00 e. The van der Waals surface area contributed by atoms with Gasteiger partial charge in [-0.1, -0.05) is 30.3 Å². The number of carbonyl (C=O) groups is 3. The van der Waals surface area contributed by atoms with E-state index in [4.69, 9.17) is 0 Å². The summed E-state index contributed by atoms with van der Waals surface area (Å²) in [6, 6.07) is 8.98. The Labute approximate surface area is 145 Å². The molecule has 0 aliphatic rings. The van der Waals surface area contributed by atoms with E-state index in [1.54, 1.807) is 24.3 Å². The van der Waals surface area contributed by atoms with Crippen molar-refractivity contribution in [2.75, 3.05) is 13.7 Å². The minimum atomic E-state index is -1.28. The van der Waals surface area contributed by atoms with Gasteiger partial charge in [0.15, 0.2) is 5.78 Å². The molecule has 6 nitrogen and oxygen atoms in total. The molecule has 0 heterocycles. The van der Waals surface area contributed by atoms with Gasteiger partial charge in [-0.05, 0) is 12.0 Å². The number of nitrogens with one attached hydrogen (secondary N) is 1. The first-order valence-corrected chi connectivity index (χ1v) is 6.11. The van der Waals surface area contributed by atoms with E-state index in [1.807, 2.05) is 6.07 Å². The van der Waals surface area contributed by atoms with Crippen LogP contribution in [0.5, 0.6) is 0 Å². The van der Waals surface area contributed by atoms with Gasteiger partial charge in [0.2, 0.25) is 0 Å². The third-order valence-corrected chi connectivity index (χ3v) is 2.75. The number of methoxy groups -OCH3 is 1. The summed E-state index contributed by atoms with van der Waals surface area (Å²) in [5, 5.41) is 13.3. The molecule has 0 fully saturated rings. The van der Waals surface area contributed by atoms with E-state index in [9.17, 15) is 19.5 Å². The van der Waals surface area contributed by atoms with Crippen LogP contribution in [0.4, 0.5) is 4.79 Å². The number of amides is 1. The van der Waals surface area contributed by atoms with Gasteiger partial charge in [-0.25, -0.2) is 4.79 Å². The molecule has 21 heavy (non-hydrogen) atoms. The van der Waals surface area contributed by atoms with Crippen LogP contribution in [0.25, 0.3) is 0 Å². The van der Waals surface area contributed by atoms with Crippen LogP contribution in [0, 0.1) is 5.92 Å². The van der Waals surface area contributed by atoms with Gasteiger partial charge < -0.3 is 20.0 Å². The monoisotopic (exact) mass is 301 g/mol. The molecule has 0 saturated carbocycles. The molecule has 0 aliphatic carbocycles. The number of carbonyl (C=O) groups excluding carboxylic acids is 3. The molecule has 1 unspecified atom stereocenters. The summed E-state index contributed by atoms with van der Waals surface area (Å²) in [5.74, 6) is -2.58. The van der Waals surface area contributed by atoms with Gasteiger partial charge in [-0.2, -0.15) is 0 Å². The number of Topliss-reactive ketones (excluding diaryl/α,β-unsaturated/α-hetero) is 1. The number of hydrogen-bond donors (Lipinski definition) is 1. The van der Waals surface area contributed by atoms with E-state index >= 15 is 0 Å². The maximum absolute atomic E-state index is 11.6. The molecular weight excluding hydrogens is 285 g/mol. The van der Waals surface area contributed by atoms with Crippen molar-refractivity contribution >= 4 is 17.8 Å². The van der Waals surface area contributed by atoms with E-state index in [0.717, 1.165) is 5.56 Å². The first-order valence-electron chi connectivity index (χ1n) is 6.11. The second kappa shape index (κ2) is 10.4. The second-order valence-corrected chi connectivity index (χ2v) is 4.29. The second-order valence-electron chi connectivity index (χ2n) is 4.29. The third-order valence-electron chi connectivity index (χ3n) is 2.75. The van der Waals surface area contributed by atoms with Gasteiger partial charge in [-0.3, -0.25) is 4.79 Å². The zero-order valence-electron chi connectivity index (χ0n) is 12.1. The summed E-state index contributed by atoms with van der Waals surface area (Å²) >= 11 is 0. The average molecular weight is 301 g/mol. The Morgan fingerprint density at radius 3 is 2.38 bits per heavy atom. The van der Waals surface area contributed by atoms with Crippen molar-refractivity contribution in [3.63, 3.8) is 0 Å². The van der Waals surface area contributed by atoms with Crippen LogP contribution in [0.1, 0.15) is 12.0 Å². The molecule has 108 valence electrons. The fourth-order valence-electron chi connectivity index (χ4n) is 1.73. The zero-order chi connectivity index (χ0) is 15.0. The number of benzene rings is 1. The quantitative estimate of drug-likeness (QED) is 0.539. The number of ketones is 1. The van der Waals surface area contributed by atoms with E-state index in [-0.39, 0.29) is 54.7 Å². The van der Waals surface area contributed by atoms with Crippen molar-refractivity contribution in [1.82, 2.24) is 5.32 Å². The van der Waals surface area contributed by atoms with Crippen LogP contribution >= 0.6 is 0 Å². The Hall–Kier alpha value is -1.37. The number of hydrogen-bond acceptors (Lipinski definition) is 5. The van der Waals surface area contributed by atoms with Crippen molar-refractivity contribution in [3.05, 3.63) is 35.9 Å². The molecule has 0 aliphatic heterocycles. The molecule has 0 saturated heterocycles. The Bertz CT molecular complexity index is 478. The maximum atomic E-state index is 11.6. The SMILES string of the molecule is COC(=O)NCC(=O)CC(Cc1ccccc1)C(=O)[O-].[Na+]. The molecule has 1 rings (SSSR count). The number of carboxylic acids is 1. The predicted octanol–water partition coefficient (Wildman–Crippen LogP) is -3.09. The van der Waals surface area contributed by atoms with Crippen LogP contribution in [-0.2, 0) is 20.7 Å². The van der Waals surface area contributed by atoms with Crippen LogP contribution in [0.3, 0.4) is 0 Å². The maximum Gasteiger partial charge on any atom is 1.00 e. The zero-order valence-corrected chi connectivity index (χ0v) is 14.1. The molecule has 1 N–H and O–H groups in total. The van der Waals surface area contributed by atoms with Gasteiger partial charge >= 0.3 is 35.7 Å². The fraction of sp³-hybridized carbons (Fsp3) is 0.357. The summed E-state index contributed by atoms with van der Waals surface area (Å²) in [4.78, 5) is 33.5.